The van der Waals surface area contributed by atoms with Crippen molar-refractivity contribution in [2.24, 2.45) is 0 Å². The van der Waals surface area contributed by atoms with E-state index in [1.807, 2.05) is 0 Å². The molecule has 80 valence electrons. The summed E-state index contributed by atoms with van der Waals surface area (Å²) in [6, 6.07) is 0. The summed E-state index contributed by atoms with van der Waals surface area (Å²) in [4.78, 5) is 20.0. The van der Waals surface area contributed by atoms with Gasteiger partial charge in [-0.15, -0.1) is 0 Å². The van der Waals surface area contributed by atoms with Crippen molar-refractivity contribution in [1.82, 2.24) is 0 Å². The monoisotopic (exact) mass is 200 g/mol. The third-order valence-corrected chi connectivity index (χ3v) is 1.60. The van der Waals surface area contributed by atoms with Crippen molar-refractivity contribution in [2.45, 2.75) is 32.6 Å². The van der Waals surface area contributed by atoms with Crippen LogP contribution >= 0.6 is 0 Å². The zero-order chi connectivity index (χ0) is 10.8. The van der Waals surface area contributed by atoms with E-state index in [-0.39, 0.29) is 5.97 Å². The van der Waals surface area contributed by atoms with Gasteiger partial charge in [0.05, 0.1) is 6.61 Å². The zero-order valence-corrected chi connectivity index (χ0v) is 8.36. The number of hydrogen-bond donors (Lipinski definition) is 1. The minimum absolute atomic E-state index is 0.0255. The Morgan fingerprint density at radius 2 is 2.14 bits per heavy atom. The van der Waals surface area contributed by atoms with Gasteiger partial charge in [-0.25, -0.2) is 4.79 Å². The first-order chi connectivity index (χ1) is 6.66. The number of cyclic esters (lactones) is 1. The second-order valence-corrected chi connectivity index (χ2v) is 2.87. The molecule has 0 aromatic rings. The van der Waals surface area contributed by atoms with Crippen molar-refractivity contribution in [3.8, 4) is 0 Å². The van der Waals surface area contributed by atoms with E-state index in [1.54, 1.807) is 6.92 Å². The predicted molar refractivity (Wildman–Crippen MR) is 51.9 cm³/mol. The van der Waals surface area contributed by atoms with Crippen LogP contribution in [0.1, 0.15) is 32.6 Å². The van der Waals surface area contributed by atoms with Gasteiger partial charge in [0.2, 0.25) is 0 Å². The second-order valence-electron chi connectivity index (χ2n) is 2.87. The molecule has 0 saturated carbocycles. The average molecular weight is 200 g/mol. The van der Waals surface area contributed by atoms with Gasteiger partial charge in [-0.3, -0.25) is 4.79 Å². The van der Waals surface area contributed by atoms with Crippen molar-refractivity contribution < 1.29 is 19.4 Å². The van der Waals surface area contributed by atoms with Crippen molar-refractivity contribution in [2.75, 3.05) is 6.61 Å². The number of esters is 1. The van der Waals surface area contributed by atoms with E-state index < -0.39 is 5.97 Å². The van der Waals surface area contributed by atoms with Crippen LogP contribution in [0.25, 0.3) is 0 Å². The van der Waals surface area contributed by atoms with Gasteiger partial charge in [0.15, 0.2) is 0 Å². The van der Waals surface area contributed by atoms with Crippen LogP contribution in [-0.4, -0.2) is 23.7 Å². The molecule has 0 unspecified atom stereocenters. The zero-order valence-electron chi connectivity index (χ0n) is 8.36. The van der Waals surface area contributed by atoms with E-state index in [0.717, 1.165) is 25.3 Å². The molecule has 4 nitrogen and oxygen atoms in total. The minimum Gasteiger partial charge on any atom is -0.478 e. The van der Waals surface area contributed by atoms with Gasteiger partial charge in [0, 0.05) is 12.5 Å². The molecule has 0 aromatic carbocycles. The number of hydrogen-bond acceptors (Lipinski definition) is 3. The molecule has 1 aliphatic rings. The van der Waals surface area contributed by atoms with Crippen molar-refractivity contribution in [1.29, 1.82) is 0 Å². The van der Waals surface area contributed by atoms with Crippen molar-refractivity contribution in [3.05, 3.63) is 12.2 Å². The Kier molecular flexibility index (Phi) is 7.50. The second kappa shape index (κ2) is 8.29. The molecule has 1 fully saturated rings. The fraction of sp³-hybridized carbons (Fsp3) is 0.600. The van der Waals surface area contributed by atoms with Crippen LogP contribution < -0.4 is 0 Å². The highest BCUT2D eigenvalue weighted by Gasteiger charge is 2.05. The minimum atomic E-state index is -0.891. The molecule has 0 aromatic heterocycles. The highest BCUT2D eigenvalue weighted by atomic mass is 16.5. The molecule has 0 spiro atoms. The molecule has 0 aliphatic carbocycles. The molecule has 0 bridgehead atoms. The number of allylic oxidation sites excluding steroid dienone is 1. The number of ether oxygens (including phenoxy) is 1. The van der Waals surface area contributed by atoms with Crippen LogP contribution in [-0.2, 0) is 14.3 Å². The van der Waals surface area contributed by atoms with Gasteiger partial charge in [-0.1, -0.05) is 6.08 Å². The molecule has 1 rings (SSSR count). The highest BCUT2D eigenvalue weighted by Crippen LogP contribution is 2.06. The van der Waals surface area contributed by atoms with Gasteiger partial charge in [-0.2, -0.15) is 0 Å². The molecule has 14 heavy (non-hydrogen) atoms. The SMILES string of the molecule is C/C=C/C(=O)O.O=C1CCCCCO1. The highest BCUT2D eigenvalue weighted by molar-refractivity contribution is 5.79. The quantitative estimate of drug-likeness (QED) is 0.517. The van der Waals surface area contributed by atoms with E-state index in [4.69, 9.17) is 9.84 Å². The Labute approximate surface area is 83.6 Å². The number of rotatable bonds is 1. The number of carboxylic acids is 1. The third kappa shape index (κ3) is 8.77. The lowest BCUT2D eigenvalue weighted by atomic mass is 10.2. The van der Waals surface area contributed by atoms with Crippen molar-refractivity contribution in [3.63, 3.8) is 0 Å². The van der Waals surface area contributed by atoms with Gasteiger partial charge in [0.25, 0.3) is 0 Å². The lowest BCUT2D eigenvalue weighted by molar-refractivity contribution is -0.142. The average Bonchev–Trinajstić information content (AvgIpc) is 2.33. The van der Waals surface area contributed by atoms with E-state index in [2.05, 4.69) is 0 Å². The lowest BCUT2D eigenvalue weighted by Crippen LogP contribution is -2.00. The topological polar surface area (TPSA) is 63.6 Å². The van der Waals surface area contributed by atoms with Crippen molar-refractivity contribution >= 4 is 11.9 Å². The van der Waals surface area contributed by atoms with E-state index in [9.17, 15) is 9.59 Å². The Morgan fingerprint density at radius 3 is 2.64 bits per heavy atom. The normalized spacial score (nSPS) is 16.5. The van der Waals surface area contributed by atoms with Crippen LogP contribution in [0.15, 0.2) is 12.2 Å². The molecule has 4 heteroatoms. The standard InChI is InChI=1S/C6H10O2.C4H6O2/c7-6-4-2-1-3-5-8-6;1-2-3-4(5)6/h1-5H2;2-3H,1H3,(H,5,6)/b;3-2+. The van der Waals surface area contributed by atoms with Gasteiger partial charge < -0.3 is 9.84 Å². The number of carboxylic acid groups (broad SMARTS) is 1. The van der Waals surface area contributed by atoms with Crippen LogP contribution in [0, 0.1) is 0 Å². The Hall–Kier alpha value is -1.32. The number of aliphatic carboxylic acids is 1. The molecular formula is C10H16O4. The summed E-state index contributed by atoms with van der Waals surface area (Å²) in [5.74, 6) is -0.917. The first kappa shape index (κ1) is 12.7. The van der Waals surface area contributed by atoms with E-state index >= 15 is 0 Å². The first-order valence-corrected chi connectivity index (χ1v) is 4.68. The van der Waals surface area contributed by atoms with E-state index in [0.29, 0.717) is 13.0 Å². The fourth-order valence-corrected chi connectivity index (χ4v) is 0.949. The Bertz CT molecular complexity index is 198. The maximum atomic E-state index is 10.5. The lowest BCUT2D eigenvalue weighted by Gasteiger charge is -1.93. The third-order valence-electron chi connectivity index (χ3n) is 1.60. The molecule has 1 heterocycles. The van der Waals surface area contributed by atoms with Gasteiger partial charge in [-0.05, 0) is 26.2 Å². The maximum absolute atomic E-state index is 10.5. The largest absolute Gasteiger partial charge is 0.478 e. The van der Waals surface area contributed by atoms with E-state index in [1.165, 1.54) is 6.08 Å². The molecule has 0 atom stereocenters. The smallest absolute Gasteiger partial charge is 0.327 e. The van der Waals surface area contributed by atoms with Gasteiger partial charge in [0.1, 0.15) is 0 Å². The summed E-state index contributed by atoms with van der Waals surface area (Å²) in [7, 11) is 0. The first-order valence-electron chi connectivity index (χ1n) is 4.68. The fourth-order valence-electron chi connectivity index (χ4n) is 0.949. The van der Waals surface area contributed by atoms with Crippen LogP contribution in [0.2, 0.25) is 0 Å². The molecule has 0 radical (unpaired) electrons. The summed E-state index contributed by atoms with van der Waals surface area (Å²) >= 11 is 0. The predicted octanol–water partition coefficient (Wildman–Crippen LogP) is 1.75. The summed E-state index contributed by atoms with van der Waals surface area (Å²) in [5, 5.41) is 7.83. The molecule has 1 aliphatic heterocycles. The summed E-state index contributed by atoms with van der Waals surface area (Å²) in [5.41, 5.74) is 0. The van der Waals surface area contributed by atoms with Crippen LogP contribution in [0.5, 0.6) is 0 Å². The number of carbonyl (C=O) groups excluding carboxylic acids is 1. The Balaban J connectivity index is 0.000000255. The number of carbonyl (C=O) groups is 2. The molecular weight excluding hydrogens is 184 g/mol. The molecule has 1 saturated heterocycles. The van der Waals surface area contributed by atoms with Gasteiger partial charge >= 0.3 is 11.9 Å². The maximum Gasteiger partial charge on any atom is 0.327 e. The summed E-state index contributed by atoms with van der Waals surface area (Å²) < 4.78 is 4.76. The van der Waals surface area contributed by atoms with Crippen LogP contribution in [0.4, 0.5) is 0 Å². The van der Waals surface area contributed by atoms with Crippen LogP contribution in [0.3, 0.4) is 0 Å². The molecule has 1 N–H and O–H groups in total. The Morgan fingerprint density at radius 1 is 1.43 bits per heavy atom. The summed E-state index contributed by atoms with van der Waals surface area (Å²) in [6.07, 6.45) is 6.39. The molecule has 0 amide bonds. The summed E-state index contributed by atoms with van der Waals surface area (Å²) in [6.45, 7) is 2.30.